The molecule has 19 heavy (non-hydrogen) atoms. The summed E-state index contributed by atoms with van der Waals surface area (Å²) < 4.78 is 5.14. The van der Waals surface area contributed by atoms with Crippen LogP contribution in [0.4, 0.5) is 5.69 Å². The Morgan fingerprint density at radius 3 is 2.74 bits per heavy atom. The quantitative estimate of drug-likeness (QED) is 0.847. The van der Waals surface area contributed by atoms with Gasteiger partial charge in [-0.1, -0.05) is 13.8 Å². The van der Waals surface area contributed by atoms with E-state index in [1.807, 2.05) is 19.9 Å². The van der Waals surface area contributed by atoms with Crippen molar-refractivity contribution in [3.8, 4) is 11.8 Å². The molecular weight excluding hydrogens is 242 g/mol. The van der Waals surface area contributed by atoms with Crippen LogP contribution in [0.5, 0.6) is 5.75 Å². The van der Waals surface area contributed by atoms with E-state index in [9.17, 15) is 4.79 Å². The van der Waals surface area contributed by atoms with Crippen LogP contribution in [0.15, 0.2) is 18.2 Å². The van der Waals surface area contributed by atoms with Gasteiger partial charge in [-0.25, -0.2) is 0 Å². The number of anilines is 1. The van der Waals surface area contributed by atoms with Crippen LogP contribution in [0.25, 0.3) is 0 Å². The lowest BCUT2D eigenvalue weighted by atomic mass is 10.0. The van der Waals surface area contributed by atoms with Gasteiger partial charge in [-0.2, -0.15) is 5.26 Å². The standard InChI is InChI=1S/C14H19N3O2/c1-9(2)11(16)7-14(18)17-12-5-4-10(8-15)6-13(12)19-3/h4-6,9,11H,7,16H2,1-3H3,(H,17,18). The van der Waals surface area contributed by atoms with E-state index >= 15 is 0 Å². The van der Waals surface area contributed by atoms with Crippen LogP contribution < -0.4 is 15.8 Å². The third kappa shape index (κ3) is 4.27. The largest absolute Gasteiger partial charge is 0.495 e. The summed E-state index contributed by atoms with van der Waals surface area (Å²) in [4.78, 5) is 11.8. The molecule has 1 amide bonds. The van der Waals surface area contributed by atoms with E-state index in [0.29, 0.717) is 17.0 Å². The molecule has 5 nitrogen and oxygen atoms in total. The lowest BCUT2D eigenvalue weighted by molar-refractivity contribution is -0.116. The zero-order valence-corrected chi connectivity index (χ0v) is 11.4. The summed E-state index contributed by atoms with van der Waals surface area (Å²) in [6.45, 7) is 3.94. The lowest BCUT2D eigenvalue weighted by Crippen LogP contribution is -2.31. The minimum absolute atomic E-state index is 0.163. The second kappa shape index (κ2) is 6.76. The number of methoxy groups -OCH3 is 1. The van der Waals surface area contributed by atoms with Gasteiger partial charge >= 0.3 is 0 Å². The molecule has 102 valence electrons. The van der Waals surface area contributed by atoms with Crippen LogP contribution in [-0.4, -0.2) is 19.1 Å². The Bertz CT molecular complexity index is 492. The minimum atomic E-state index is -0.177. The molecule has 1 rings (SSSR count). The molecular formula is C14H19N3O2. The average molecular weight is 261 g/mol. The predicted molar refractivity (Wildman–Crippen MR) is 73.8 cm³/mol. The second-order valence-electron chi connectivity index (χ2n) is 4.69. The smallest absolute Gasteiger partial charge is 0.226 e. The normalized spacial score (nSPS) is 11.8. The summed E-state index contributed by atoms with van der Waals surface area (Å²) in [5.74, 6) is 0.545. The van der Waals surface area contributed by atoms with E-state index in [1.54, 1.807) is 18.2 Å². The number of ether oxygens (including phenoxy) is 1. The molecule has 0 aliphatic heterocycles. The maximum absolute atomic E-state index is 11.8. The number of amides is 1. The Morgan fingerprint density at radius 2 is 2.21 bits per heavy atom. The van der Waals surface area contributed by atoms with Crippen LogP contribution in [-0.2, 0) is 4.79 Å². The lowest BCUT2D eigenvalue weighted by Gasteiger charge is -2.16. The fraction of sp³-hybridized carbons (Fsp3) is 0.429. The number of nitrogens with zero attached hydrogens (tertiary/aromatic N) is 1. The first-order valence-electron chi connectivity index (χ1n) is 6.11. The molecule has 0 spiro atoms. The van der Waals surface area contributed by atoms with E-state index in [4.69, 9.17) is 15.7 Å². The van der Waals surface area contributed by atoms with Gasteiger partial charge in [0.15, 0.2) is 0 Å². The van der Waals surface area contributed by atoms with Crippen molar-refractivity contribution in [3.63, 3.8) is 0 Å². The zero-order valence-electron chi connectivity index (χ0n) is 11.4. The maximum Gasteiger partial charge on any atom is 0.226 e. The molecule has 0 radical (unpaired) electrons. The van der Waals surface area contributed by atoms with E-state index in [2.05, 4.69) is 5.32 Å². The molecule has 0 bridgehead atoms. The summed E-state index contributed by atoms with van der Waals surface area (Å²) in [6.07, 6.45) is 0.251. The summed E-state index contributed by atoms with van der Waals surface area (Å²) in [7, 11) is 1.49. The fourth-order valence-electron chi connectivity index (χ4n) is 1.52. The number of nitriles is 1. The Hall–Kier alpha value is -2.06. The summed E-state index contributed by atoms with van der Waals surface area (Å²) >= 11 is 0. The number of hydrogen-bond acceptors (Lipinski definition) is 4. The topological polar surface area (TPSA) is 88.1 Å². The number of nitrogens with one attached hydrogen (secondary N) is 1. The van der Waals surface area contributed by atoms with E-state index < -0.39 is 0 Å². The van der Waals surface area contributed by atoms with Gasteiger partial charge < -0.3 is 15.8 Å². The van der Waals surface area contributed by atoms with Crippen LogP contribution in [0, 0.1) is 17.2 Å². The van der Waals surface area contributed by atoms with Crippen LogP contribution in [0.2, 0.25) is 0 Å². The third-order valence-corrected chi connectivity index (χ3v) is 2.88. The highest BCUT2D eigenvalue weighted by Crippen LogP contribution is 2.25. The molecule has 0 aromatic heterocycles. The molecule has 3 N–H and O–H groups in total. The van der Waals surface area contributed by atoms with Crippen molar-refractivity contribution >= 4 is 11.6 Å². The molecule has 0 aliphatic rings. The molecule has 0 aliphatic carbocycles. The molecule has 0 saturated carbocycles. The first-order chi connectivity index (χ1) is 8.97. The number of carbonyl (C=O) groups is 1. The summed E-state index contributed by atoms with van der Waals surface area (Å²) in [6, 6.07) is 6.70. The van der Waals surface area contributed by atoms with Crippen LogP contribution >= 0.6 is 0 Å². The highest BCUT2D eigenvalue weighted by Gasteiger charge is 2.14. The van der Waals surface area contributed by atoms with Crippen molar-refractivity contribution < 1.29 is 9.53 Å². The van der Waals surface area contributed by atoms with E-state index in [1.165, 1.54) is 7.11 Å². The molecule has 1 aromatic rings. The highest BCUT2D eigenvalue weighted by molar-refractivity contribution is 5.92. The Morgan fingerprint density at radius 1 is 1.53 bits per heavy atom. The van der Waals surface area contributed by atoms with E-state index in [-0.39, 0.29) is 24.3 Å². The maximum atomic E-state index is 11.8. The first-order valence-corrected chi connectivity index (χ1v) is 6.11. The highest BCUT2D eigenvalue weighted by atomic mass is 16.5. The zero-order chi connectivity index (χ0) is 14.4. The Kier molecular flexibility index (Phi) is 5.34. The molecule has 1 atom stereocenters. The van der Waals surface area contributed by atoms with Gasteiger partial charge in [0.05, 0.1) is 24.4 Å². The van der Waals surface area contributed by atoms with Gasteiger partial charge in [0.25, 0.3) is 0 Å². The molecule has 5 heteroatoms. The van der Waals surface area contributed by atoms with Crippen molar-refractivity contribution in [2.45, 2.75) is 26.3 Å². The van der Waals surface area contributed by atoms with Gasteiger partial charge in [-0.3, -0.25) is 4.79 Å². The minimum Gasteiger partial charge on any atom is -0.495 e. The number of hydrogen-bond donors (Lipinski definition) is 2. The van der Waals surface area contributed by atoms with Gasteiger partial charge in [-0.05, 0) is 18.1 Å². The predicted octanol–water partition coefficient (Wildman–Crippen LogP) is 1.88. The average Bonchev–Trinajstić information content (AvgIpc) is 2.38. The number of rotatable bonds is 5. The Labute approximate surface area is 113 Å². The second-order valence-corrected chi connectivity index (χ2v) is 4.69. The fourth-order valence-corrected chi connectivity index (χ4v) is 1.52. The van der Waals surface area contributed by atoms with Crippen molar-refractivity contribution in [2.24, 2.45) is 11.7 Å². The number of nitrogens with two attached hydrogens (primary N) is 1. The molecule has 1 unspecified atom stereocenters. The van der Waals surface area contributed by atoms with Gasteiger partial charge in [0.1, 0.15) is 5.75 Å². The molecule has 0 heterocycles. The molecule has 0 fully saturated rings. The van der Waals surface area contributed by atoms with Crippen molar-refractivity contribution in [1.29, 1.82) is 5.26 Å². The number of carbonyl (C=O) groups excluding carboxylic acids is 1. The Balaban J connectivity index is 2.77. The molecule has 1 aromatic carbocycles. The van der Waals surface area contributed by atoms with Crippen LogP contribution in [0.3, 0.4) is 0 Å². The number of benzene rings is 1. The molecule has 0 saturated heterocycles. The van der Waals surface area contributed by atoms with Crippen molar-refractivity contribution in [3.05, 3.63) is 23.8 Å². The third-order valence-electron chi connectivity index (χ3n) is 2.88. The summed E-state index contributed by atoms with van der Waals surface area (Å²) in [5.41, 5.74) is 6.88. The van der Waals surface area contributed by atoms with Crippen molar-refractivity contribution in [1.82, 2.24) is 0 Å². The van der Waals surface area contributed by atoms with Gasteiger partial charge in [0.2, 0.25) is 5.91 Å². The van der Waals surface area contributed by atoms with Gasteiger partial charge in [0, 0.05) is 18.5 Å². The monoisotopic (exact) mass is 261 g/mol. The van der Waals surface area contributed by atoms with Crippen molar-refractivity contribution in [2.75, 3.05) is 12.4 Å². The first kappa shape index (κ1) is 15.0. The SMILES string of the molecule is COc1cc(C#N)ccc1NC(=O)CC(N)C(C)C. The van der Waals surface area contributed by atoms with Crippen LogP contribution in [0.1, 0.15) is 25.8 Å². The van der Waals surface area contributed by atoms with Gasteiger partial charge in [-0.15, -0.1) is 0 Å². The van der Waals surface area contributed by atoms with E-state index in [0.717, 1.165) is 0 Å². The summed E-state index contributed by atoms with van der Waals surface area (Å²) in [5, 5.41) is 11.5.